The van der Waals surface area contributed by atoms with E-state index in [9.17, 15) is 19.4 Å². The van der Waals surface area contributed by atoms with Gasteiger partial charge in [0.1, 0.15) is 13.2 Å². The zero-order valence-electron chi connectivity index (χ0n) is 24.6. The minimum atomic E-state index is -4.55. The average Bonchev–Trinajstić information content (AvgIpc) is 2.85. The summed E-state index contributed by atoms with van der Waals surface area (Å²) in [5, 5.41) is 13.1. The van der Waals surface area contributed by atoms with E-state index in [-0.39, 0.29) is 18.9 Å². The fourth-order valence-electron chi connectivity index (χ4n) is 3.44. The van der Waals surface area contributed by atoms with Crippen LogP contribution in [0, 0.1) is 0 Å². The maximum atomic E-state index is 12.1. The van der Waals surface area contributed by atoms with E-state index >= 15 is 0 Å². The van der Waals surface area contributed by atoms with Gasteiger partial charge >= 0.3 is 0 Å². The zero-order chi connectivity index (χ0) is 28.7. The lowest BCUT2D eigenvalue weighted by Crippen LogP contribution is -2.45. The first-order valence-corrected chi connectivity index (χ1v) is 15.8. The Kier molecular flexibility index (Phi) is 21.8. The predicted octanol–water partition coefficient (Wildman–Crippen LogP) is 5.43. The molecule has 0 fully saturated rings. The van der Waals surface area contributed by atoms with Crippen LogP contribution in [0.2, 0.25) is 0 Å². The number of hydrogen-bond donors (Lipinski definition) is 2. The van der Waals surface area contributed by atoms with Crippen molar-refractivity contribution in [3.05, 3.63) is 36.5 Å². The summed E-state index contributed by atoms with van der Waals surface area (Å²) in [7, 11) is 1.22. The van der Waals surface area contributed by atoms with Crippen molar-refractivity contribution in [2.45, 2.75) is 103 Å². The van der Waals surface area contributed by atoms with E-state index in [1.165, 1.54) is 44.9 Å². The maximum absolute atomic E-state index is 12.1. The Labute approximate surface area is 232 Å². The van der Waals surface area contributed by atoms with Gasteiger partial charge in [-0.15, -0.1) is 0 Å². The molecule has 0 bridgehead atoms. The van der Waals surface area contributed by atoms with Crippen molar-refractivity contribution in [2.75, 3.05) is 40.9 Å². The van der Waals surface area contributed by atoms with E-state index in [1.807, 2.05) is 27.2 Å². The number of amides is 1. The van der Waals surface area contributed by atoms with Crippen molar-refractivity contribution < 1.29 is 32.9 Å². The third-order valence-electron chi connectivity index (χ3n) is 5.89. The van der Waals surface area contributed by atoms with E-state index in [4.69, 9.17) is 9.05 Å². The molecule has 8 nitrogen and oxygen atoms in total. The number of aliphatic hydroxyl groups excluding tert-OH is 1. The van der Waals surface area contributed by atoms with Gasteiger partial charge in [0.2, 0.25) is 5.91 Å². The minimum Gasteiger partial charge on any atom is -0.756 e. The molecule has 0 rings (SSSR count). The van der Waals surface area contributed by atoms with Crippen molar-refractivity contribution in [2.24, 2.45) is 0 Å². The molecule has 0 saturated carbocycles. The molecule has 222 valence electrons. The number of rotatable bonds is 24. The molecule has 0 aliphatic heterocycles. The van der Waals surface area contributed by atoms with Gasteiger partial charge in [0, 0.05) is 6.42 Å². The molecule has 0 heterocycles. The van der Waals surface area contributed by atoms with Gasteiger partial charge in [-0.3, -0.25) is 9.36 Å². The summed E-state index contributed by atoms with van der Waals surface area (Å²) < 4.78 is 22.5. The van der Waals surface area contributed by atoms with Gasteiger partial charge in [0.05, 0.1) is 39.9 Å². The highest BCUT2D eigenvalue weighted by Gasteiger charge is 2.22. The largest absolute Gasteiger partial charge is 0.756 e. The van der Waals surface area contributed by atoms with Crippen molar-refractivity contribution in [1.29, 1.82) is 0 Å². The number of allylic oxidation sites excluding steroid dienone is 5. The van der Waals surface area contributed by atoms with E-state index in [0.29, 0.717) is 11.0 Å². The van der Waals surface area contributed by atoms with E-state index in [2.05, 4.69) is 36.5 Å². The first kappa shape index (κ1) is 36.7. The molecule has 0 aromatic carbocycles. The van der Waals surface area contributed by atoms with Crippen LogP contribution < -0.4 is 10.2 Å². The first-order chi connectivity index (χ1) is 18.0. The standard InChI is InChI=1S/C29H55N2O6P/c1-6-8-9-10-11-12-13-14-15-16-17-18-19-20-21-22-23-28(32)27(30-29(33)7-2)26-37-38(34,35)36-25-24-31(3,4)5/h14-15,18-19,22-23,27-28,32H,6-13,16-17,20-21,24-26H2,1-5H3,(H-,30,33,34,35)/b15-14+,19-18+,23-22+. The van der Waals surface area contributed by atoms with Crippen LogP contribution in [0.4, 0.5) is 0 Å². The molecule has 0 aliphatic rings. The Morgan fingerprint density at radius 1 is 0.895 bits per heavy atom. The highest BCUT2D eigenvalue weighted by Crippen LogP contribution is 2.38. The van der Waals surface area contributed by atoms with Crippen molar-refractivity contribution in [3.8, 4) is 0 Å². The van der Waals surface area contributed by atoms with Gasteiger partial charge in [-0.2, -0.15) is 0 Å². The fraction of sp³-hybridized carbons (Fsp3) is 0.759. The number of aliphatic hydroxyl groups is 1. The molecule has 2 N–H and O–H groups in total. The highest BCUT2D eigenvalue weighted by atomic mass is 31.2. The van der Waals surface area contributed by atoms with Crippen LogP contribution in [0.25, 0.3) is 0 Å². The van der Waals surface area contributed by atoms with Crippen molar-refractivity contribution in [1.82, 2.24) is 5.32 Å². The van der Waals surface area contributed by atoms with Crippen LogP contribution >= 0.6 is 7.82 Å². The third kappa shape index (κ3) is 23.8. The third-order valence-corrected chi connectivity index (χ3v) is 6.86. The zero-order valence-corrected chi connectivity index (χ0v) is 25.5. The van der Waals surface area contributed by atoms with Gasteiger partial charge in [-0.25, -0.2) is 0 Å². The molecule has 0 aromatic rings. The van der Waals surface area contributed by atoms with Gasteiger partial charge in [0.15, 0.2) is 0 Å². The minimum absolute atomic E-state index is 0.0122. The number of carbonyl (C=O) groups excluding carboxylic acids is 1. The summed E-state index contributed by atoms with van der Waals surface area (Å²) in [6.07, 6.45) is 24.1. The number of likely N-dealkylation sites (N-methyl/N-ethyl adjacent to an activating group) is 1. The number of phosphoric acid groups is 1. The average molecular weight is 559 g/mol. The topological polar surface area (TPSA) is 108 Å². The van der Waals surface area contributed by atoms with Crippen LogP contribution in [-0.2, 0) is 18.4 Å². The molecule has 0 spiro atoms. The van der Waals surface area contributed by atoms with Gasteiger partial charge in [-0.05, 0) is 38.5 Å². The number of hydrogen-bond acceptors (Lipinski definition) is 6. The monoisotopic (exact) mass is 558 g/mol. The first-order valence-electron chi connectivity index (χ1n) is 14.4. The molecular weight excluding hydrogens is 503 g/mol. The lowest BCUT2D eigenvalue weighted by atomic mass is 10.1. The number of phosphoric ester groups is 1. The molecule has 0 radical (unpaired) electrons. The summed E-state index contributed by atoms with van der Waals surface area (Å²) in [6.45, 7) is 3.99. The van der Waals surface area contributed by atoms with Crippen LogP contribution in [0.3, 0.4) is 0 Å². The Hall–Kier alpha value is -1.28. The van der Waals surface area contributed by atoms with E-state index < -0.39 is 26.6 Å². The van der Waals surface area contributed by atoms with Gasteiger partial charge in [-0.1, -0.05) is 82.4 Å². The summed E-state index contributed by atoms with van der Waals surface area (Å²) in [5.41, 5.74) is 0. The van der Waals surface area contributed by atoms with Crippen molar-refractivity contribution in [3.63, 3.8) is 0 Å². The van der Waals surface area contributed by atoms with Crippen LogP contribution in [0.15, 0.2) is 36.5 Å². The summed E-state index contributed by atoms with van der Waals surface area (Å²) >= 11 is 0. The SMILES string of the molecule is CCCCCCCC/C=C/CC/C=C/CC/C=C/C(O)C(COP(=O)([O-])OCC[N+](C)(C)C)NC(=O)CC. The Bertz CT molecular complexity index is 733. The smallest absolute Gasteiger partial charge is 0.268 e. The lowest BCUT2D eigenvalue weighted by Gasteiger charge is -2.29. The normalized spacial score (nSPS) is 15.9. The number of nitrogens with one attached hydrogen (secondary N) is 1. The second-order valence-electron chi connectivity index (χ2n) is 10.7. The molecule has 0 aliphatic carbocycles. The second-order valence-corrected chi connectivity index (χ2v) is 12.1. The van der Waals surface area contributed by atoms with Crippen LogP contribution in [-0.4, -0.2) is 68.5 Å². The molecular formula is C29H55N2O6P. The summed E-state index contributed by atoms with van der Waals surface area (Å²) in [6, 6.07) is -0.901. The number of unbranched alkanes of at least 4 members (excludes halogenated alkanes) is 8. The van der Waals surface area contributed by atoms with E-state index in [0.717, 1.165) is 25.7 Å². The summed E-state index contributed by atoms with van der Waals surface area (Å²) in [4.78, 5) is 23.9. The van der Waals surface area contributed by atoms with Crippen LogP contribution in [0.5, 0.6) is 0 Å². The number of carbonyl (C=O) groups is 1. The molecule has 3 unspecified atom stereocenters. The molecule has 3 atom stereocenters. The predicted molar refractivity (Wildman–Crippen MR) is 155 cm³/mol. The van der Waals surface area contributed by atoms with Crippen LogP contribution in [0.1, 0.15) is 90.9 Å². The van der Waals surface area contributed by atoms with Gasteiger partial charge in [0.25, 0.3) is 7.82 Å². The lowest BCUT2D eigenvalue weighted by molar-refractivity contribution is -0.870. The molecule has 1 amide bonds. The number of nitrogens with zero attached hydrogens (tertiary/aromatic N) is 1. The molecule has 9 heteroatoms. The Balaban J connectivity index is 4.31. The molecule has 0 aromatic heterocycles. The fourth-order valence-corrected chi connectivity index (χ4v) is 4.16. The summed E-state index contributed by atoms with van der Waals surface area (Å²) in [5.74, 6) is -0.304. The second kappa shape index (κ2) is 22.5. The van der Waals surface area contributed by atoms with Gasteiger partial charge < -0.3 is 28.8 Å². The van der Waals surface area contributed by atoms with E-state index in [1.54, 1.807) is 13.0 Å². The maximum Gasteiger partial charge on any atom is 0.268 e. The van der Waals surface area contributed by atoms with Crippen molar-refractivity contribution >= 4 is 13.7 Å². The Morgan fingerprint density at radius 2 is 1.45 bits per heavy atom. The quantitative estimate of drug-likeness (QED) is 0.0708. The Morgan fingerprint density at radius 3 is 2.03 bits per heavy atom. The highest BCUT2D eigenvalue weighted by molar-refractivity contribution is 7.45. The molecule has 38 heavy (non-hydrogen) atoms. The molecule has 0 saturated heterocycles. The number of quaternary nitrogens is 1.